The Balaban J connectivity index is 2.95. The first-order valence-corrected chi connectivity index (χ1v) is 6.30. The molecule has 1 rings (SSSR count). The van der Waals surface area contributed by atoms with E-state index in [2.05, 4.69) is 4.99 Å². The number of aliphatic carboxylic acids is 1. The fraction of sp³-hybridized carbons (Fsp3) is 0.692. The minimum Gasteiger partial charge on any atom is -0.548 e. The molecule has 0 unspecified atom stereocenters. The summed E-state index contributed by atoms with van der Waals surface area (Å²) in [6.45, 7) is 3.26. The van der Waals surface area contributed by atoms with E-state index in [0.29, 0.717) is 37.8 Å². The van der Waals surface area contributed by atoms with Gasteiger partial charge in [-0.3, -0.25) is 14.6 Å². The summed E-state index contributed by atoms with van der Waals surface area (Å²) in [6, 6.07) is -1.01. The Morgan fingerprint density at radius 2 is 2.11 bits per heavy atom. The van der Waals surface area contributed by atoms with Crippen molar-refractivity contribution in [3.63, 3.8) is 0 Å². The van der Waals surface area contributed by atoms with Gasteiger partial charge in [-0.05, 0) is 26.2 Å². The molecule has 5 heteroatoms. The summed E-state index contributed by atoms with van der Waals surface area (Å²) < 4.78 is 0. The van der Waals surface area contributed by atoms with Gasteiger partial charge in [0.05, 0.1) is 12.0 Å². The van der Waals surface area contributed by atoms with Crippen molar-refractivity contribution in [2.45, 2.75) is 52.0 Å². The number of carbonyl (C=O) groups is 3. The Morgan fingerprint density at radius 3 is 2.67 bits per heavy atom. The highest BCUT2D eigenvalue weighted by molar-refractivity contribution is 6.22. The third-order valence-corrected chi connectivity index (χ3v) is 3.03. The molecule has 18 heavy (non-hydrogen) atoms. The molecule has 0 aliphatic heterocycles. The van der Waals surface area contributed by atoms with E-state index < -0.39 is 17.9 Å². The van der Waals surface area contributed by atoms with E-state index in [1.54, 1.807) is 0 Å². The summed E-state index contributed by atoms with van der Waals surface area (Å²) >= 11 is 0. The molecule has 1 aliphatic rings. The second-order valence-corrected chi connectivity index (χ2v) is 4.58. The van der Waals surface area contributed by atoms with Gasteiger partial charge in [0.1, 0.15) is 17.5 Å². The van der Waals surface area contributed by atoms with Crippen molar-refractivity contribution in [3.8, 4) is 0 Å². The van der Waals surface area contributed by atoms with Crippen molar-refractivity contribution < 1.29 is 19.5 Å². The molecule has 1 fully saturated rings. The van der Waals surface area contributed by atoms with Crippen molar-refractivity contribution in [2.24, 2.45) is 10.9 Å². The predicted octanol–water partition coefficient (Wildman–Crippen LogP) is 0.304. The monoisotopic (exact) mass is 252 g/mol. The second kappa shape index (κ2) is 6.42. The molecule has 0 bridgehead atoms. The van der Waals surface area contributed by atoms with Gasteiger partial charge in [0.2, 0.25) is 0 Å². The molecule has 2 atom stereocenters. The van der Waals surface area contributed by atoms with E-state index in [1.165, 1.54) is 6.92 Å². The zero-order valence-electron chi connectivity index (χ0n) is 10.8. The van der Waals surface area contributed by atoms with Gasteiger partial charge in [0.25, 0.3) is 0 Å². The lowest BCUT2D eigenvalue weighted by Crippen LogP contribution is -2.38. The lowest BCUT2D eigenvalue weighted by atomic mass is 9.81. The molecule has 0 N–H and O–H groups in total. The molecule has 0 saturated heterocycles. The van der Waals surface area contributed by atoms with Crippen LogP contribution in [0.4, 0.5) is 0 Å². The summed E-state index contributed by atoms with van der Waals surface area (Å²) in [5.74, 6) is -2.39. The van der Waals surface area contributed by atoms with Crippen molar-refractivity contribution in [1.82, 2.24) is 0 Å². The van der Waals surface area contributed by atoms with Crippen molar-refractivity contribution in [1.29, 1.82) is 0 Å². The average molecular weight is 252 g/mol. The van der Waals surface area contributed by atoms with Crippen LogP contribution < -0.4 is 5.11 Å². The van der Waals surface area contributed by atoms with Gasteiger partial charge in [-0.15, -0.1) is 0 Å². The molecule has 0 aromatic heterocycles. The first kappa shape index (κ1) is 14.5. The fourth-order valence-corrected chi connectivity index (χ4v) is 2.11. The molecule has 0 radical (unpaired) electrons. The quantitative estimate of drug-likeness (QED) is 0.659. The highest BCUT2D eigenvalue weighted by Gasteiger charge is 2.33. The largest absolute Gasteiger partial charge is 0.548 e. The molecule has 1 saturated carbocycles. The standard InChI is InChI=1S/C13H19NO4/c1-3-5-10(15)12-9(6-4-7-11(12)16)14-8(2)13(17)18/h8,12H,3-7H2,1-2H3,(H,17,18)/p-1/t8-,12-/m1/s1. The number of hydrogen-bond donors (Lipinski definition) is 0. The Labute approximate surface area is 106 Å². The molecular weight excluding hydrogens is 234 g/mol. The van der Waals surface area contributed by atoms with Gasteiger partial charge in [0.15, 0.2) is 0 Å². The average Bonchev–Trinajstić information content (AvgIpc) is 2.29. The fourth-order valence-electron chi connectivity index (χ4n) is 2.11. The van der Waals surface area contributed by atoms with Crippen LogP contribution in [0.3, 0.4) is 0 Å². The molecule has 0 amide bonds. The molecule has 5 nitrogen and oxygen atoms in total. The van der Waals surface area contributed by atoms with Gasteiger partial charge in [0, 0.05) is 18.6 Å². The first-order valence-electron chi connectivity index (χ1n) is 6.30. The van der Waals surface area contributed by atoms with Crippen LogP contribution in [0.15, 0.2) is 4.99 Å². The van der Waals surface area contributed by atoms with Gasteiger partial charge >= 0.3 is 0 Å². The number of nitrogens with zero attached hydrogens (tertiary/aromatic N) is 1. The molecule has 0 aromatic rings. The number of carboxylic acids is 1. The summed E-state index contributed by atoms with van der Waals surface area (Å²) in [5.41, 5.74) is 0.418. The normalized spacial score (nSPS) is 24.0. The molecule has 0 heterocycles. The molecular formula is C13H18NO4-. The van der Waals surface area contributed by atoms with Crippen LogP contribution in [-0.4, -0.2) is 29.3 Å². The van der Waals surface area contributed by atoms with Crippen LogP contribution in [0.5, 0.6) is 0 Å². The molecule has 0 spiro atoms. The first-order chi connectivity index (χ1) is 8.47. The van der Waals surface area contributed by atoms with Crippen molar-refractivity contribution in [2.75, 3.05) is 0 Å². The van der Waals surface area contributed by atoms with E-state index in [1.807, 2.05) is 6.92 Å². The summed E-state index contributed by atoms with van der Waals surface area (Å²) in [6.07, 6.45) is 2.52. The topological polar surface area (TPSA) is 86.6 Å². The predicted molar refractivity (Wildman–Crippen MR) is 64.2 cm³/mol. The van der Waals surface area contributed by atoms with Gasteiger partial charge in [-0.2, -0.15) is 0 Å². The van der Waals surface area contributed by atoms with Crippen LogP contribution in [0, 0.1) is 5.92 Å². The number of aliphatic imine (C=N–C) groups is 1. The third-order valence-electron chi connectivity index (χ3n) is 3.03. The summed E-state index contributed by atoms with van der Waals surface area (Å²) in [4.78, 5) is 38.4. The summed E-state index contributed by atoms with van der Waals surface area (Å²) in [5, 5.41) is 10.7. The third kappa shape index (κ3) is 3.48. The van der Waals surface area contributed by atoms with E-state index in [-0.39, 0.29) is 11.6 Å². The minimum atomic E-state index is -1.29. The Kier molecular flexibility index (Phi) is 5.19. The van der Waals surface area contributed by atoms with Crippen LogP contribution in [0.2, 0.25) is 0 Å². The SMILES string of the molecule is CCCC(=O)[C@@H]1C(=O)CCCC1=N[C@H](C)C(=O)[O-]. The van der Waals surface area contributed by atoms with Gasteiger partial charge in [-0.1, -0.05) is 6.92 Å². The highest BCUT2D eigenvalue weighted by atomic mass is 16.4. The van der Waals surface area contributed by atoms with E-state index in [0.717, 1.165) is 0 Å². The number of carboxylic acid groups (broad SMARTS) is 1. The number of Topliss-reactive ketones (excluding diaryl/α,β-unsaturated/α-hetero) is 2. The number of ketones is 2. The van der Waals surface area contributed by atoms with Crippen molar-refractivity contribution in [3.05, 3.63) is 0 Å². The number of carbonyl (C=O) groups excluding carboxylic acids is 3. The molecule has 1 aliphatic carbocycles. The maximum Gasteiger partial charge on any atom is 0.149 e. The Bertz CT molecular complexity index is 386. The maximum atomic E-state index is 11.9. The van der Waals surface area contributed by atoms with Crippen LogP contribution in [-0.2, 0) is 14.4 Å². The molecule has 100 valence electrons. The minimum absolute atomic E-state index is 0.135. The zero-order valence-corrected chi connectivity index (χ0v) is 10.8. The lowest BCUT2D eigenvalue weighted by molar-refractivity contribution is -0.306. The number of hydrogen-bond acceptors (Lipinski definition) is 5. The second-order valence-electron chi connectivity index (χ2n) is 4.58. The zero-order chi connectivity index (χ0) is 13.7. The van der Waals surface area contributed by atoms with Crippen LogP contribution >= 0.6 is 0 Å². The van der Waals surface area contributed by atoms with Crippen LogP contribution in [0.1, 0.15) is 46.0 Å². The van der Waals surface area contributed by atoms with E-state index >= 15 is 0 Å². The van der Waals surface area contributed by atoms with Crippen molar-refractivity contribution >= 4 is 23.2 Å². The summed E-state index contributed by atoms with van der Waals surface area (Å²) in [7, 11) is 0. The van der Waals surface area contributed by atoms with E-state index in [4.69, 9.17) is 0 Å². The lowest BCUT2D eigenvalue weighted by Gasteiger charge is -2.23. The van der Waals surface area contributed by atoms with Gasteiger partial charge in [-0.25, -0.2) is 0 Å². The Hall–Kier alpha value is -1.52. The Morgan fingerprint density at radius 1 is 1.44 bits per heavy atom. The van der Waals surface area contributed by atoms with Gasteiger partial charge < -0.3 is 9.90 Å². The van der Waals surface area contributed by atoms with E-state index in [9.17, 15) is 19.5 Å². The maximum absolute atomic E-state index is 11.9. The number of rotatable bonds is 5. The smallest absolute Gasteiger partial charge is 0.149 e. The highest BCUT2D eigenvalue weighted by Crippen LogP contribution is 2.22. The van der Waals surface area contributed by atoms with Crippen LogP contribution in [0.25, 0.3) is 0 Å². The molecule has 0 aromatic carbocycles.